The van der Waals surface area contributed by atoms with Gasteiger partial charge in [-0.1, -0.05) is 179 Å². The molecule has 5 nitrogen and oxygen atoms in total. The van der Waals surface area contributed by atoms with E-state index in [-0.39, 0.29) is 12.5 Å². The maximum Gasteiger partial charge on any atom is 0.220 e. The number of aliphatic hydroxyl groups is 3. The Balaban J connectivity index is 3.60. The van der Waals surface area contributed by atoms with Gasteiger partial charge >= 0.3 is 0 Å². The highest BCUT2D eigenvalue weighted by molar-refractivity contribution is 5.76. The molecule has 0 aliphatic rings. The molecule has 294 valence electrons. The van der Waals surface area contributed by atoms with E-state index >= 15 is 0 Å². The van der Waals surface area contributed by atoms with Gasteiger partial charge in [-0.2, -0.15) is 0 Å². The lowest BCUT2D eigenvalue weighted by molar-refractivity contribution is -0.124. The van der Waals surface area contributed by atoms with Crippen molar-refractivity contribution in [3.63, 3.8) is 0 Å². The highest BCUT2D eigenvalue weighted by atomic mass is 16.3. The standard InChI is InChI=1S/C45H85NO4/c1-3-5-7-9-11-13-15-16-17-18-19-20-21-22-23-24-25-26-27-28-30-32-34-36-38-40-44(49)46-42(41-47)45(50)43(48)39-37-35-33-31-29-14-12-10-8-6-4-2/h10,12,22-23,31,33,42-43,45,47-48,50H,3-9,11,13-21,24-30,32,34-41H2,1-2H3,(H,46,49)/b12-10+,23-22-,33-31+. The number of hydrogen-bond donors (Lipinski definition) is 4. The zero-order valence-electron chi connectivity index (χ0n) is 33.3. The van der Waals surface area contributed by atoms with Crippen LogP contribution in [0.4, 0.5) is 0 Å². The predicted octanol–water partition coefficient (Wildman–Crippen LogP) is 12.4. The first-order valence-corrected chi connectivity index (χ1v) is 21.8. The van der Waals surface area contributed by atoms with Crippen molar-refractivity contribution < 1.29 is 20.1 Å². The molecule has 0 saturated carbocycles. The Hall–Kier alpha value is -1.43. The van der Waals surface area contributed by atoms with Gasteiger partial charge in [-0.05, 0) is 70.6 Å². The minimum Gasteiger partial charge on any atom is -0.394 e. The third-order valence-corrected chi connectivity index (χ3v) is 9.94. The summed E-state index contributed by atoms with van der Waals surface area (Å²) in [4.78, 5) is 12.4. The average molecular weight is 704 g/mol. The number of carbonyl (C=O) groups excluding carboxylic acids is 1. The van der Waals surface area contributed by atoms with Crippen LogP contribution in [0.1, 0.15) is 219 Å². The van der Waals surface area contributed by atoms with E-state index in [1.54, 1.807) is 0 Å². The Bertz CT molecular complexity index is 779. The second-order valence-corrected chi connectivity index (χ2v) is 14.9. The SMILES string of the molecule is CCCC/C=C/CC/C=C/CCCC(O)C(O)C(CO)NC(=O)CCCCCCCCCCC/C=C\CCCCCCCCCCCCCC. The van der Waals surface area contributed by atoms with Crippen molar-refractivity contribution in [3.8, 4) is 0 Å². The summed E-state index contributed by atoms with van der Waals surface area (Å²) in [6, 6.07) is -0.831. The molecular weight excluding hydrogens is 618 g/mol. The Morgan fingerprint density at radius 3 is 1.28 bits per heavy atom. The van der Waals surface area contributed by atoms with Gasteiger partial charge in [0.1, 0.15) is 6.10 Å². The van der Waals surface area contributed by atoms with Crippen molar-refractivity contribution in [2.24, 2.45) is 0 Å². The van der Waals surface area contributed by atoms with Crippen molar-refractivity contribution in [2.45, 2.75) is 238 Å². The van der Waals surface area contributed by atoms with Crippen LogP contribution in [0.5, 0.6) is 0 Å². The molecular formula is C45H85NO4. The topological polar surface area (TPSA) is 89.8 Å². The van der Waals surface area contributed by atoms with Crippen LogP contribution in [0.15, 0.2) is 36.5 Å². The fourth-order valence-corrected chi connectivity index (χ4v) is 6.51. The normalized spacial score (nSPS) is 13.9. The Labute approximate surface area is 311 Å². The third kappa shape index (κ3) is 35.0. The Morgan fingerprint density at radius 2 is 0.840 bits per heavy atom. The van der Waals surface area contributed by atoms with Crippen LogP contribution in [0.25, 0.3) is 0 Å². The summed E-state index contributed by atoms with van der Waals surface area (Å²) >= 11 is 0. The minimum absolute atomic E-state index is 0.162. The van der Waals surface area contributed by atoms with Crippen molar-refractivity contribution >= 4 is 5.91 Å². The lowest BCUT2D eigenvalue weighted by Crippen LogP contribution is -2.50. The molecule has 5 heteroatoms. The van der Waals surface area contributed by atoms with Crippen LogP contribution in [0.2, 0.25) is 0 Å². The van der Waals surface area contributed by atoms with Gasteiger partial charge in [0.15, 0.2) is 0 Å². The van der Waals surface area contributed by atoms with Crippen LogP contribution >= 0.6 is 0 Å². The Kier molecular flexibility index (Phi) is 39.2. The smallest absolute Gasteiger partial charge is 0.220 e. The van der Waals surface area contributed by atoms with E-state index < -0.39 is 18.2 Å². The molecule has 0 fully saturated rings. The molecule has 0 aromatic carbocycles. The molecule has 3 unspecified atom stereocenters. The van der Waals surface area contributed by atoms with Gasteiger partial charge in [-0.25, -0.2) is 0 Å². The number of hydrogen-bond acceptors (Lipinski definition) is 4. The number of unbranched alkanes of at least 4 members (excludes halogenated alkanes) is 25. The number of allylic oxidation sites excluding steroid dienone is 6. The van der Waals surface area contributed by atoms with E-state index in [0.29, 0.717) is 12.8 Å². The first-order chi connectivity index (χ1) is 24.6. The van der Waals surface area contributed by atoms with Crippen molar-refractivity contribution in [1.29, 1.82) is 0 Å². The molecule has 0 rings (SSSR count). The molecule has 0 aromatic heterocycles. The van der Waals surface area contributed by atoms with Crippen molar-refractivity contribution in [1.82, 2.24) is 5.32 Å². The van der Waals surface area contributed by atoms with Gasteiger partial charge < -0.3 is 20.6 Å². The fourth-order valence-electron chi connectivity index (χ4n) is 6.51. The monoisotopic (exact) mass is 704 g/mol. The van der Waals surface area contributed by atoms with Gasteiger partial charge in [0.2, 0.25) is 5.91 Å². The summed E-state index contributed by atoms with van der Waals surface area (Å²) < 4.78 is 0. The van der Waals surface area contributed by atoms with Crippen molar-refractivity contribution in [2.75, 3.05) is 6.61 Å². The Morgan fingerprint density at radius 1 is 0.480 bits per heavy atom. The predicted molar refractivity (Wildman–Crippen MR) is 218 cm³/mol. The largest absolute Gasteiger partial charge is 0.394 e. The van der Waals surface area contributed by atoms with E-state index in [0.717, 1.165) is 51.4 Å². The number of rotatable bonds is 39. The molecule has 1 amide bonds. The second-order valence-electron chi connectivity index (χ2n) is 14.9. The van der Waals surface area contributed by atoms with E-state index in [1.165, 1.54) is 141 Å². The maximum absolute atomic E-state index is 12.4. The molecule has 0 aromatic rings. The summed E-state index contributed by atoms with van der Waals surface area (Å²) in [5.74, 6) is -0.162. The minimum atomic E-state index is -1.17. The summed E-state index contributed by atoms with van der Waals surface area (Å²) in [6.45, 7) is 4.11. The van der Waals surface area contributed by atoms with Gasteiger partial charge in [-0.15, -0.1) is 0 Å². The molecule has 0 spiro atoms. The molecule has 0 aliphatic heterocycles. The van der Waals surface area contributed by atoms with Gasteiger partial charge in [-0.3, -0.25) is 4.79 Å². The highest BCUT2D eigenvalue weighted by Crippen LogP contribution is 2.15. The lowest BCUT2D eigenvalue weighted by atomic mass is 10.0. The maximum atomic E-state index is 12.4. The molecule has 0 saturated heterocycles. The summed E-state index contributed by atoms with van der Waals surface area (Å²) in [5, 5.41) is 33.3. The zero-order valence-corrected chi connectivity index (χ0v) is 33.3. The quantitative estimate of drug-likeness (QED) is 0.0379. The zero-order chi connectivity index (χ0) is 36.6. The lowest BCUT2D eigenvalue weighted by Gasteiger charge is -2.26. The summed E-state index contributed by atoms with van der Waals surface area (Å²) in [5.41, 5.74) is 0. The number of amides is 1. The second kappa shape index (κ2) is 40.3. The van der Waals surface area contributed by atoms with Crippen LogP contribution < -0.4 is 5.32 Å². The molecule has 0 heterocycles. The number of nitrogens with one attached hydrogen (secondary N) is 1. The molecule has 50 heavy (non-hydrogen) atoms. The first-order valence-electron chi connectivity index (χ1n) is 21.8. The van der Waals surface area contributed by atoms with E-state index in [2.05, 4.69) is 55.6 Å². The summed E-state index contributed by atoms with van der Waals surface area (Å²) in [6.07, 6.45) is 49.8. The van der Waals surface area contributed by atoms with Crippen LogP contribution in [-0.2, 0) is 4.79 Å². The van der Waals surface area contributed by atoms with Gasteiger partial charge in [0.25, 0.3) is 0 Å². The van der Waals surface area contributed by atoms with E-state index in [1.807, 2.05) is 0 Å². The van der Waals surface area contributed by atoms with Crippen LogP contribution in [-0.4, -0.2) is 46.1 Å². The molecule has 0 radical (unpaired) electrons. The van der Waals surface area contributed by atoms with Crippen LogP contribution in [0.3, 0.4) is 0 Å². The summed E-state index contributed by atoms with van der Waals surface area (Å²) in [7, 11) is 0. The van der Waals surface area contributed by atoms with Crippen molar-refractivity contribution in [3.05, 3.63) is 36.5 Å². The van der Waals surface area contributed by atoms with Crippen LogP contribution in [0, 0.1) is 0 Å². The number of aliphatic hydroxyl groups excluding tert-OH is 3. The fraction of sp³-hybridized carbons (Fsp3) is 0.844. The molecule has 3 atom stereocenters. The molecule has 0 aliphatic carbocycles. The first kappa shape index (κ1) is 48.6. The molecule has 0 bridgehead atoms. The highest BCUT2D eigenvalue weighted by Gasteiger charge is 2.26. The molecule has 4 N–H and O–H groups in total. The van der Waals surface area contributed by atoms with E-state index in [9.17, 15) is 20.1 Å². The average Bonchev–Trinajstić information content (AvgIpc) is 3.12. The van der Waals surface area contributed by atoms with E-state index in [4.69, 9.17) is 0 Å². The third-order valence-electron chi connectivity index (χ3n) is 9.94. The van der Waals surface area contributed by atoms with Gasteiger partial charge in [0.05, 0.1) is 18.8 Å². The van der Waals surface area contributed by atoms with Gasteiger partial charge in [0, 0.05) is 6.42 Å². The number of carbonyl (C=O) groups is 1.